The quantitative estimate of drug-likeness (QED) is 0.646. The first-order valence-corrected chi connectivity index (χ1v) is 11.1. The predicted molar refractivity (Wildman–Crippen MR) is 120 cm³/mol. The molecule has 1 aromatic carbocycles. The van der Waals surface area contributed by atoms with Gasteiger partial charge in [0.1, 0.15) is 0 Å². The van der Waals surface area contributed by atoms with Gasteiger partial charge in [0.15, 0.2) is 0 Å². The van der Waals surface area contributed by atoms with E-state index < -0.39 is 0 Å². The average Bonchev–Trinajstić information content (AvgIpc) is 2.63. The van der Waals surface area contributed by atoms with Gasteiger partial charge in [0.25, 0.3) is 0 Å². The summed E-state index contributed by atoms with van der Waals surface area (Å²) >= 11 is 0. The third-order valence-corrected chi connectivity index (χ3v) is 6.56. The minimum absolute atomic E-state index is 0.0707. The van der Waals surface area contributed by atoms with Gasteiger partial charge in [0.2, 0.25) is 0 Å². The van der Waals surface area contributed by atoms with Crippen LogP contribution in [0.3, 0.4) is 0 Å². The van der Waals surface area contributed by atoms with E-state index in [2.05, 4.69) is 58.7 Å². The molecule has 0 heterocycles. The molecule has 0 spiro atoms. The van der Waals surface area contributed by atoms with Crippen LogP contribution in [0.4, 0.5) is 0 Å². The highest BCUT2D eigenvalue weighted by Gasteiger charge is 2.41. The Morgan fingerprint density at radius 2 is 1.76 bits per heavy atom. The number of rotatable bonds is 9. The largest absolute Gasteiger partial charge is 0.396 e. The fourth-order valence-corrected chi connectivity index (χ4v) is 4.82. The van der Waals surface area contributed by atoms with Crippen LogP contribution >= 0.6 is 0 Å². The molecular weight excluding hydrogens is 362 g/mol. The van der Waals surface area contributed by atoms with Crippen molar-refractivity contribution in [3.8, 4) is 0 Å². The Bertz CT molecular complexity index is 596. The topological polar surface area (TPSA) is 52.9 Å². The van der Waals surface area contributed by atoms with E-state index in [0.29, 0.717) is 13.2 Å². The highest BCUT2D eigenvalue weighted by Crippen LogP contribution is 2.42. The molecule has 0 saturated heterocycles. The van der Waals surface area contributed by atoms with Crippen molar-refractivity contribution >= 4 is 0 Å². The Kier molecular flexibility index (Phi) is 8.72. The third kappa shape index (κ3) is 7.67. The molecule has 1 fully saturated rings. The molecule has 1 saturated carbocycles. The minimum Gasteiger partial charge on any atom is -0.396 e. The van der Waals surface area contributed by atoms with Crippen molar-refractivity contribution in [1.82, 2.24) is 4.90 Å². The highest BCUT2D eigenvalue weighted by molar-refractivity contribution is 5.13. The summed E-state index contributed by atoms with van der Waals surface area (Å²) in [4.78, 5) is 2.29. The fourth-order valence-electron chi connectivity index (χ4n) is 4.82. The van der Waals surface area contributed by atoms with Crippen LogP contribution in [0.2, 0.25) is 0 Å². The number of benzene rings is 1. The van der Waals surface area contributed by atoms with Crippen LogP contribution < -0.4 is 0 Å². The Hall–Kier alpha value is -0.940. The number of ether oxygens (including phenoxy) is 1. The van der Waals surface area contributed by atoms with E-state index in [1.807, 2.05) is 18.2 Å². The molecule has 0 bridgehead atoms. The molecule has 0 unspecified atom stereocenters. The van der Waals surface area contributed by atoms with Gasteiger partial charge < -0.3 is 19.8 Å². The van der Waals surface area contributed by atoms with Crippen molar-refractivity contribution in [3.63, 3.8) is 0 Å². The molecule has 1 aromatic rings. The molecule has 0 radical (unpaired) electrons. The molecule has 4 heteroatoms. The summed E-state index contributed by atoms with van der Waals surface area (Å²) in [6, 6.07) is 10.2. The van der Waals surface area contributed by atoms with Crippen molar-refractivity contribution in [3.05, 3.63) is 35.9 Å². The molecule has 0 aromatic heterocycles. The van der Waals surface area contributed by atoms with Gasteiger partial charge in [-0.25, -0.2) is 0 Å². The Morgan fingerprint density at radius 3 is 2.34 bits per heavy atom. The van der Waals surface area contributed by atoms with Gasteiger partial charge in [-0.3, -0.25) is 0 Å². The third-order valence-electron chi connectivity index (χ3n) is 6.56. The van der Waals surface area contributed by atoms with E-state index in [-0.39, 0.29) is 41.3 Å². The van der Waals surface area contributed by atoms with Gasteiger partial charge in [0.05, 0.1) is 19.3 Å². The van der Waals surface area contributed by atoms with Gasteiger partial charge in [-0.2, -0.15) is 0 Å². The zero-order valence-corrected chi connectivity index (χ0v) is 19.4. The lowest BCUT2D eigenvalue weighted by Crippen LogP contribution is -2.47. The van der Waals surface area contributed by atoms with Gasteiger partial charge in [0, 0.05) is 25.6 Å². The molecular formula is C25H43NO3. The maximum absolute atomic E-state index is 11.1. The van der Waals surface area contributed by atoms with E-state index in [9.17, 15) is 10.2 Å². The Morgan fingerprint density at radius 1 is 1.14 bits per heavy atom. The summed E-state index contributed by atoms with van der Waals surface area (Å²) in [5.41, 5.74) is 1.44. The summed E-state index contributed by atoms with van der Waals surface area (Å²) in [6.45, 7) is 14.2. The first kappa shape index (κ1) is 24.3. The second-order valence-corrected chi connectivity index (χ2v) is 11.1. The number of aliphatic hydroxyl groups excluding tert-OH is 2. The molecule has 0 amide bonds. The highest BCUT2D eigenvalue weighted by atomic mass is 16.5. The van der Waals surface area contributed by atoms with Crippen molar-refractivity contribution in [2.75, 3.05) is 33.4 Å². The van der Waals surface area contributed by atoms with Crippen LogP contribution in [0.15, 0.2) is 30.3 Å². The van der Waals surface area contributed by atoms with Crippen molar-refractivity contribution in [1.29, 1.82) is 0 Å². The van der Waals surface area contributed by atoms with Gasteiger partial charge >= 0.3 is 0 Å². The second-order valence-electron chi connectivity index (χ2n) is 11.1. The lowest BCUT2D eigenvalue weighted by Gasteiger charge is -2.45. The van der Waals surface area contributed by atoms with Crippen LogP contribution in [0.1, 0.15) is 53.0 Å². The van der Waals surface area contributed by atoms with Gasteiger partial charge in [-0.05, 0) is 48.1 Å². The summed E-state index contributed by atoms with van der Waals surface area (Å²) in [7, 11) is 2.11. The maximum atomic E-state index is 11.1. The summed E-state index contributed by atoms with van der Waals surface area (Å²) < 4.78 is 6.00. The Labute approximate surface area is 178 Å². The molecule has 29 heavy (non-hydrogen) atoms. The Balaban J connectivity index is 1.93. The second kappa shape index (κ2) is 10.4. The first-order chi connectivity index (χ1) is 13.5. The molecule has 4 nitrogen and oxygen atoms in total. The zero-order chi connectivity index (χ0) is 21.7. The summed E-state index contributed by atoms with van der Waals surface area (Å²) in [5.74, 6) is 0.622. The minimum atomic E-state index is -0.344. The van der Waals surface area contributed by atoms with Crippen LogP contribution in [0, 0.1) is 28.6 Å². The van der Waals surface area contributed by atoms with E-state index in [1.165, 1.54) is 5.56 Å². The van der Waals surface area contributed by atoms with E-state index in [0.717, 1.165) is 25.9 Å². The van der Waals surface area contributed by atoms with E-state index in [4.69, 9.17) is 4.74 Å². The summed E-state index contributed by atoms with van der Waals surface area (Å²) in [5, 5.41) is 20.9. The molecule has 166 valence electrons. The molecule has 4 atom stereocenters. The van der Waals surface area contributed by atoms with Crippen LogP contribution in [-0.2, 0) is 11.3 Å². The smallest absolute Gasteiger partial charge is 0.0717 e. The molecule has 1 aliphatic carbocycles. The van der Waals surface area contributed by atoms with E-state index in [1.54, 1.807) is 0 Å². The lowest BCUT2D eigenvalue weighted by molar-refractivity contribution is -0.0730. The van der Waals surface area contributed by atoms with Gasteiger partial charge in [-0.1, -0.05) is 65.0 Å². The molecule has 0 aliphatic heterocycles. The fraction of sp³-hybridized carbons (Fsp3) is 0.760. The van der Waals surface area contributed by atoms with Crippen LogP contribution in [0.5, 0.6) is 0 Å². The van der Waals surface area contributed by atoms with Crippen molar-refractivity contribution in [2.45, 2.75) is 60.2 Å². The molecule has 2 rings (SSSR count). The predicted octanol–water partition coefficient (Wildman–Crippen LogP) is 4.20. The first-order valence-electron chi connectivity index (χ1n) is 11.1. The standard InChI is InChI=1S/C25H43NO3/c1-24(2,3)22(16-27)15-26(6)14-20-12-25(4,5)13-21(23(20)28)18-29-17-19-10-8-7-9-11-19/h7-11,20-23,27-28H,12-18H2,1-6H3/t20-,21+,22-,23-/m1/s1. The number of nitrogens with zero attached hydrogens (tertiary/aromatic N) is 1. The number of aliphatic hydroxyl groups is 2. The normalized spacial score (nSPS) is 25.9. The monoisotopic (exact) mass is 405 g/mol. The maximum Gasteiger partial charge on any atom is 0.0717 e. The zero-order valence-electron chi connectivity index (χ0n) is 19.4. The average molecular weight is 406 g/mol. The summed E-state index contributed by atoms with van der Waals surface area (Å²) in [6.07, 6.45) is 1.67. The van der Waals surface area contributed by atoms with Crippen LogP contribution in [0.25, 0.3) is 0 Å². The van der Waals surface area contributed by atoms with Crippen molar-refractivity contribution < 1.29 is 14.9 Å². The SMILES string of the molecule is CN(C[C@H]1CC(C)(C)C[C@@H](COCc2ccccc2)[C@@H]1O)C[C@H](CO)C(C)(C)C. The van der Waals surface area contributed by atoms with E-state index >= 15 is 0 Å². The van der Waals surface area contributed by atoms with Gasteiger partial charge in [-0.15, -0.1) is 0 Å². The lowest BCUT2D eigenvalue weighted by atomic mass is 9.66. The number of hydrogen-bond donors (Lipinski definition) is 2. The molecule has 2 N–H and O–H groups in total. The number of hydrogen-bond acceptors (Lipinski definition) is 4. The van der Waals surface area contributed by atoms with Crippen LogP contribution in [-0.4, -0.2) is 54.6 Å². The van der Waals surface area contributed by atoms with Crippen molar-refractivity contribution in [2.24, 2.45) is 28.6 Å². The molecule has 1 aliphatic rings.